The number of nitrogens with zero attached hydrogens (tertiary/aromatic N) is 1. The highest BCUT2D eigenvalue weighted by Crippen LogP contribution is 2.26. The Kier molecular flexibility index (Phi) is 6.49. The van der Waals surface area contributed by atoms with E-state index in [1.54, 1.807) is 0 Å². The van der Waals surface area contributed by atoms with Crippen LogP contribution in [0.3, 0.4) is 0 Å². The molecule has 3 rings (SSSR count). The summed E-state index contributed by atoms with van der Waals surface area (Å²) in [6, 6.07) is 10.4. The number of rotatable bonds is 7. The Morgan fingerprint density at radius 1 is 1.17 bits per heavy atom. The van der Waals surface area contributed by atoms with Gasteiger partial charge in [-0.2, -0.15) is 0 Å². The lowest BCUT2D eigenvalue weighted by Crippen LogP contribution is -2.37. The van der Waals surface area contributed by atoms with Gasteiger partial charge in [0.2, 0.25) is 0 Å². The summed E-state index contributed by atoms with van der Waals surface area (Å²) in [5.74, 6) is 1.91. The van der Waals surface area contributed by atoms with Crippen molar-refractivity contribution in [2.24, 2.45) is 0 Å². The van der Waals surface area contributed by atoms with Gasteiger partial charge in [0.1, 0.15) is 11.5 Å². The van der Waals surface area contributed by atoms with E-state index in [4.69, 9.17) is 9.15 Å². The van der Waals surface area contributed by atoms with Gasteiger partial charge in [-0.15, -0.1) is 0 Å². The van der Waals surface area contributed by atoms with Crippen molar-refractivity contribution in [2.75, 3.05) is 39.4 Å². The van der Waals surface area contributed by atoms with E-state index >= 15 is 0 Å². The molecule has 1 aliphatic rings. The van der Waals surface area contributed by atoms with E-state index in [0.29, 0.717) is 0 Å². The molecule has 0 aliphatic carbocycles. The first kappa shape index (κ1) is 17.7. The summed E-state index contributed by atoms with van der Waals surface area (Å²) in [5.41, 5.74) is 2.33. The minimum absolute atomic E-state index is 0.776. The monoisotopic (exact) mass is 392 g/mol. The Balaban J connectivity index is 1.41. The van der Waals surface area contributed by atoms with Crippen LogP contribution >= 0.6 is 15.9 Å². The molecule has 0 unspecified atom stereocenters. The minimum atomic E-state index is 0.776. The van der Waals surface area contributed by atoms with E-state index in [-0.39, 0.29) is 0 Å². The van der Waals surface area contributed by atoms with E-state index < -0.39 is 0 Å². The predicted molar refractivity (Wildman–Crippen MR) is 100 cm³/mol. The van der Waals surface area contributed by atoms with Gasteiger partial charge in [0.05, 0.1) is 19.8 Å². The highest BCUT2D eigenvalue weighted by molar-refractivity contribution is 9.10. The van der Waals surface area contributed by atoms with Crippen LogP contribution < -0.4 is 5.32 Å². The van der Waals surface area contributed by atoms with Crippen LogP contribution in [0.1, 0.15) is 17.7 Å². The largest absolute Gasteiger partial charge is 0.460 e. The van der Waals surface area contributed by atoms with E-state index in [1.807, 2.05) is 6.07 Å². The van der Waals surface area contributed by atoms with Crippen molar-refractivity contribution in [3.05, 3.63) is 46.1 Å². The van der Waals surface area contributed by atoms with Crippen LogP contribution in [0, 0.1) is 6.92 Å². The van der Waals surface area contributed by atoms with Crippen molar-refractivity contribution in [3.8, 4) is 11.3 Å². The number of furan rings is 1. The molecule has 0 radical (unpaired) electrons. The second-order valence-electron chi connectivity index (χ2n) is 6.21. The SMILES string of the molecule is Cc1cc(-c2ccc(CNCCCN3CCOCC3)o2)ccc1Br. The third-order valence-electron chi connectivity index (χ3n) is 4.33. The predicted octanol–water partition coefficient (Wildman–Crippen LogP) is 3.83. The Bertz CT molecular complexity index is 651. The Labute approximate surface area is 152 Å². The van der Waals surface area contributed by atoms with E-state index in [0.717, 1.165) is 73.9 Å². The van der Waals surface area contributed by atoms with Gasteiger partial charge >= 0.3 is 0 Å². The van der Waals surface area contributed by atoms with Gasteiger partial charge in [0, 0.05) is 23.1 Å². The van der Waals surface area contributed by atoms with Gasteiger partial charge in [-0.05, 0) is 56.3 Å². The smallest absolute Gasteiger partial charge is 0.134 e. The van der Waals surface area contributed by atoms with Gasteiger partial charge < -0.3 is 14.5 Å². The average Bonchev–Trinajstić information content (AvgIpc) is 3.07. The maximum absolute atomic E-state index is 5.96. The zero-order chi connectivity index (χ0) is 16.8. The quantitative estimate of drug-likeness (QED) is 0.726. The molecule has 0 saturated carbocycles. The van der Waals surface area contributed by atoms with Crippen molar-refractivity contribution in [1.82, 2.24) is 10.2 Å². The fourth-order valence-corrected chi connectivity index (χ4v) is 3.14. The van der Waals surface area contributed by atoms with Crippen molar-refractivity contribution in [3.63, 3.8) is 0 Å². The zero-order valence-electron chi connectivity index (χ0n) is 14.2. The highest BCUT2D eigenvalue weighted by Gasteiger charge is 2.09. The van der Waals surface area contributed by atoms with Crippen LogP contribution in [-0.4, -0.2) is 44.3 Å². The number of halogens is 1. The van der Waals surface area contributed by atoms with Crippen LogP contribution in [0.15, 0.2) is 39.2 Å². The molecule has 2 heterocycles. The number of morpholine rings is 1. The average molecular weight is 393 g/mol. The van der Waals surface area contributed by atoms with Crippen LogP contribution in [0.5, 0.6) is 0 Å². The molecule has 0 atom stereocenters. The minimum Gasteiger partial charge on any atom is -0.460 e. The third kappa shape index (κ3) is 4.93. The Hall–Kier alpha value is -1.14. The number of aryl methyl sites for hydroxylation is 1. The first-order valence-electron chi connectivity index (χ1n) is 8.58. The summed E-state index contributed by atoms with van der Waals surface area (Å²) < 4.78 is 12.4. The molecule has 1 aliphatic heterocycles. The summed E-state index contributed by atoms with van der Waals surface area (Å²) in [5, 5.41) is 3.47. The second-order valence-corrected chi connectivity index (χ2v) is 7.07. The van der Waals surface area contributed by atoms with E-state index in [2.05, 4.69) is 57.3 Å². The molecule has 1 N–H and O–H groups in total. The molecule has 4 nitrogen and oxygen atoms in total. The maximum atomic E-state index is 5.96. The molecular formula is C19H25BrN2O2. The third-order valence-corrected chi connectivity index (χ3v) is 5.22. The van der Waals surface area contributed by atoms with E-state index in [1.165, 1.54) is 5.56 Å². The Morgan fingerprint density at radius 3 is 2.79 bits per heavy atom. The van der Waals surface area contributed by atoms with Gasteiger partial charge in [-0.3, -0.25) is 4.90 Å². The summed E-state index contributed by atoms with van der Waals surface area (Å²) in [7, 11) is 0. The lowest BCUT2D eigenvalue weighted by atomic mass is 10.1. The van der Waals surface area contributed by atoms with Crippen molar-refractivity contribution in [1.29, 1.82) is 0 Å². The summed E-state index contributed by atoms with van der Waals surface area (Å²) >= 11 is 3.53. The molecular weight excluding hydrogens is 368 g/mol. The summed E-state index contributed by atoms with van der Waals surface area (Å²) in [6.45, 7) is 8.88. The number of ether oxygens (including phenoxy) is 1. The van der Waals surface area contributed by atoms with Crippen molar-refractivity contribution < 1.29 is 9.15 Å². The number of nitrogens with one attached hydrogen (secondary N) is 1. The van der Waals surface area contributed by atoms with E-state index in [9.17, 15) is 0 Å². The van der Waals surface area contributed by atoms with Crippen LogP contribution in [0.4, 0.5) is 0 Å². The fourth-order valence-electron chi connectivity index (χ4n) is 2.89. The normalized spacial score (nSPS) is 15.8. The summed E-state index contributed by atoms with van der Waals surface area (Å²) in [6.07, 6.45) is 1.15. The molecule has 1 fully saturated rings. The van der Waals surface area contributed by atoms with Crippen molar-refractivity contribution in [2.45, 2.75) is 19.9 Å². The van der Waals surface area contributed by atoms with Gasteiger partial charge in [0.15, 0.2) is 0 Å². The molecule has 0 amide bonds. The molecule has 1 saturated heterocycles. The van der Waals surface area contributed by atoms with Crippen LogP contribution in [0.2, 0.25) is 0 Å². The number of hydrogen-bond donors (Lipinski definition) is 1. The number of hydrogen-bond acceptors (Lipinski definition) is 4. The van der Waals surface area contributed by atoms with Crippen molar-refractivity contribution >= 4 is 15.9 Å². The molecule has 1 aromatic carbocycles. The standard InChI is InChI=1S/C19H25BrN2O2/c1-15-13-16(3-5-18(15)20)19-6-4-17(24-19)14-21-7-2-8-22-9-11-23-12-10-22/h3-6,13,21H,2,7-12,14H2,1H3. The molecule has 0 spiro atoms. The van der Waals surface area contributed by atoms with Gasteiger partial charge in [-0.25, -0.2) is 0 Å². The molecule has 5 heteroatoms. The first-order valence-corrected chi connectivity index (χ1v) is 9.38. The molecule has 24 heavy (non-hydrogen) atoms. The fraction of sp³-hybridized carbons (Fsp3) is 0.474. The zero-order valence-corrected chi connectivity index (χ0v) is 15.8. The lowest BCUT2D eigenvalue weighted by Gasteiger charge is -2.26. The van der Waals surface area contributed by atoms with Crippen LogP contribution in [-0.2, 0) is 11.3 Å². The molecule has 130 valence electrons. The van der Waals surface area contributed by atoms with Gasteiger partial charge in [0.25, 0.3) is 0 Å². The topological polar surface area (TPSA) is 37.6 Å². The number of benzene rings is 1. The second kappa shape index (κ2) is 8.81. The molecule has 0 bridgehead atoms. The van der Waals surface area contributed by atoms with Crippen LogP contribution in [0.25, 0.3) is 11.3 Å². The summed E-state index contributed by atoms with van der Waals surface area (Å²) in [4.78, 5) is 2.46. The lowest BCUT2D eigenvalue weighted by molar-refractivity contribution is 0.0374. The Morgan fingerprint density at radius 2 is 2.00 bits per heavy atom. The van der Waals surface area contributed by atoms with Gasteiger partial charge in [-0.1, -0.05) is 22.0 Å². The highest BCUT2D eigenvalue weighted by atomic mass is 79.9. The first-order chi connectivity index (χ1) is 11.7. The molecule has 1 aromatic heterocycles. The maximum Gasteiger partial charge on any atom is 0.134 e. The molecule has 2 aromatic rings.